The van der Waals surface area contributed by atoms with Crippen LogP contribution in [0.25, 0.3) is 0 Å². The Kier molecular flexibility index (Phi) is 5.36. The fourth-order valence-corrected chi connectivity index (χ4v) is 1.44. The van der Waals surface area contributed by atoms with Crippen molar-refractivity contribution < 1.29 is 27.9 Å². The van der Waals surface area contributed by atoms with Crippen LogP contribution in [0.1, 0.15) is 27.2 Å². The average molecular weight is 268 g/mol. The molecule has 0 rings (SSSR count). The zero-order chi connectivity index (χ0) is 13.7. The summed E-state index contributed by atoms with van der Waals surface area (Å²) in [4.78, 5) is 21.3. The molecule has 0 aliphatic heterocycles. The highest BCUT2D eigenvalue weighted by Crippen LogP contribution is 2.06. The van der Waals surface area contributed by atoms with Crippen LogP contribution in [-0.4, -0.2) is 37.7 Å². The molecular formula is C8H16N2O6S. The maximum atomic E-state index is 11.2. The van der Waals surface area contributed by atoms with E-state index in [1.807, 2.05) is 4.72 Å². The van der Waals surface area contributed by atoms with Gasteiger partial charge in [-0.1, -0.05) is 0 Å². The van der Waals surface area contributed by atoms with E-state index in [1.54, 1.807) is 25.5 Å². The van der Waals surface area contributed by atoms with Gasteiger partial charge in [-0.05, 0) is 20.8 Å². The normalized spacial score (nSPS) is 11.9. The highest BCUT2D eigenvalue weighted by Gasteiger charge is 2.20. The molecule has 0 aliphatic rings. The second-order valence-corrected chi connectivity index (χ2v) is 5.65. The number of carboxylic acid groups (broad SMARTS) is 1. The minimum Gasteiger partial charge on any atom is -0.481 e. The van der Waals surface area contributed by atoms with E-state index in [2.05, 4.69) is 0 Å². The molecule has 0 aliphatic carbocycles. The smallest absolute Gasteiger partial charge is 0.422 e. The van der Waals surface area contributed by atoms with Crippen LogP contribution < -0.4 is 9.44 Å². The van der Waals surface area contributed by atoms with E-state index in [9.17, 15) is 18.0 Å². The van der Waals surface area contributed by atoms with Gasteiger partial charge >= 0.3 is 22.3 Å². The van der Waals surface area contributed by atoms with Crippen LogP contribution in [0, 0.1) is 0 Å². The number of amides is 1. The summed E-state index contributed by atoms with van der Waals surface area (Å²) in [6.07, 6.45) is -1.50. The van der Waals surface area contributed by atoms with E-state index in [-0.39, 0.29) is 13.0 Å². The molecule has 0 spiro atoms. The minimum absolute atomic E-state index is 0.312. The summed E-state index contributed by atoms with van der Waals surface area (Å²) in [7, 11) is -4.09. The fourth-order valence-electron chi connectivity index (χ4n) is 0.737. The van der Waals surface area contributed by atoms with Crippen LogP contribution in [-0.2, 0) is 19.7 Å². The van der Waals surface area contributed by atoms with Crippen LogP contribution >= 0.6 is 0 Å². The van der Waals surface area contributed by atoms with Crippen molar-refractivity contribution in [3.8, 4) is 0 Å². The SMILES string of the molecule is CC(C)(C)OC(=O)NS(=O)(=O)NCCC(=O)O. The summed E-state index contributed by atoms with van der Waals surface area (Å²) < 4.78 is 30.6. The maximum Gasteiger partial charge on any atom is 0.422 e. The lowest BCUT2D eigenvalue weighted by Crippen LogP contribution is -2.43. The third-order valence-corrected chi connectivity index (χ3v) is 2.27. The molecule has 0 aromatic carbocycles. The molecule has 0 saturated carbocycles. The van der Waals surface area contributed by atoms with Crippen LogP contribution in [0.15, 0.2) is 0 Å². The molecule has 0 atom stereocenters. The van der Waals surface area contributed by atoms with Crippen molar-refractivity contribution in [1.29, 1.82) is 0 Å². The van der Waals surface area contributed by atoms with Gasteiger partial charge in [0.25, 0.3) is 0 Å². The molecule has 1 amide bonds. The number of carbonyl (C=O) groups is 2. The zero-order valence-electron chi connectivity index (χ0n) is 9.81. The van der Waals surface area contributed by atoms with Gasteiger partial charge < -0.3 is 9.84 Å². The Morgan fingerprint density at radius 3 is 2.24 bits per heavy atom. The third-order valence-electron chi connectivity index (χ3n) is 1.25. The molecule has 0 heterocycles. The summed E-state index contributed by atoms with van der Waals surface area (Å²) in [6, 6.07) is 0. The summed E-state index contributed by atoms with van der Waals surface area (Å²) in [5, 5.41) is 8.30. The van der Waals surface area contributed by atoms with E-state index in [1.165, 1.54) is 0 Å². The molecule has 0 bridgehead atoms. The van der Waals surface area contributed by atoms with Crippen molar-refractivity contribution in [3.05, 3.63) is 0 Å². The second kappa shape index (κ2) is 5.82. The lowest BCUT2D eigenvalue weighted by molar-refractivity contribution is -0.136. The molecule has 3 N–H and O–H groups in total. The first kappa shape index (κ1) is 15.7. The lowest BCUT2D eigenvalue weighted by Gasteiger charge is -2.19. The van der Waals surface area contributed by atoms with Crippen molar-refractivity contribution >= 4 is 22.3 Å². The quantitative estimate of drug-likeness (QED) is 0.635. The Morgan fingerprint density at radius 1 is 1.29 bits per heavy atom. The molecule has 0 aromatic rings. The van der Waals surface area contributed by atoms with E-state index >= 15 is 0 Å². The van der Waals surface area contributed by atoms with Crippen LogP contribution in [0.5, 0.6) is 0 Å². The second-order valence-electron chi connectivity index (χ2n) is 4.15. The average Bonchev–Trinajstić information content (AvgIpc) is 1.96. The van der Waals surface area contributed by atoms with Crippen molar-refractivity contribution in [3.63, 3.8) is 0 Å². The molecule has 8 nitrogen and oxygen atoms in total. The van der Waals surface area contributed by atoms with Gasteiger partial charge in [-0.2, -0.15) is 13.1 Å². The molecule has 0 aromatic heterocycles. The summed E-state index contributed by atoms with van der Waals surface area (Å²) in [5.41, 5.74) is -0.819. The van der Waals surface area contributed by atoms with E-state index in [4.69, 9.17) is 9.84 Å². The fraction of sp³-hybridized carbons (Fsp3) is 0.750. The molecule has 100 valence electrons. The first-order chi connectivity index (χ1) is 7.52. The number of nitrogens with one attached hydrogen (secondary N) is 2. The summed E-state index contributed by atoms with van der Waals surface area (Å²) in [5.74, 6) is -1.15. The Balaban J connectivity index is 4.17. The van der Waals surface area contributed by atoms with Gasteiger partial charge in [-0.15, -0.1) is 0 Å². The predicted octanol–water partition coefficient (Wildman–Crippen LogP) is -0.180. The van der Waals surface area contributed by atoms with Gasteiger partial charge in [-0.3, -0.25) is 4.79 Å². The largest absolute Gasteiger partial charge is 0.481 e. The molecular weight excluding hydrogens is 252 g/mol. The lowest BCUT2D eigenvalue weighted by atomic mass is 10.2. The highest BCUT2D eigenvalue weighted by atomic mass is 32.2. The number of hydrogen-bond acceptors (Lipinski definition) is 5. The Morgan fingerprint density at radius 2 is 1.82 bits per heavy atom. The van der Waals surface area contributed by atoms with Crippen molar-refractivity contribution in [2.45, 2.75) is 32.8 Å². The first-order valence-corrected chi connectivity index (χ1v) is 6.22. The standard InChI is InChI=1S/C8H16N2O6S/c1-8(2,3)16-7(13)10-17(14,15)9-5-4-6(11)12/h9H,4-5H2,1-3H3,(H,10,13)(H,11,12). The summed E-state index contributed by atoms with van der Waals surface area (Å²) >= 11 is 0. The predicted molar refractivity (Wildman–Crippen MR) is 58.5 cm³/mol. The van der Waals surface area contributed by atoms with Crippen LogP contribution in [0.2, 0.25) is 0 Å². The Hall–Kier alpha value is -1.35. The first-order valence-electron chi connectivity index (χ1n) is 4.74. The van der Waals surface area contributed by atoms with Crippen LogP contribution in [0.4, 0.5) is 4.79 Å². The van der Waals surface area contributed by atoms with Crippen molar-refractivity contribution in [1.82, 2.24) is 9.44 Å². The monoisotopic (exact) mass is 268 g/mol. The van der Waals surface area contributed by atoms with Gasteiger partial charge in [0, 0.05) is 6.54 Å². The van der Waals surface area contributed by atoms with E-state index in [0.29, 0.717) is 0 Å². The van der Waals surface area contributed by atoms with E-state index < -0.39 is 27.9 Å². The van der Waals surface area contributed by atoms with Gasteiger partial charge in [0.2, 0.25) is 0 Å². The van der Waals surface area contributed by atoms with Crippen LogP contribution in [0.3, 0.4) is 0 Å². The zero-order valence-corrected chi connectivity index (χ0v) is 10.6. The number of rotatable bonds is 5. The van der Waals surface area contributed by atoms with Gasteiger partial charge in [0.05, 0.1) is 6.42 Å². The van der Waals surface area contributed by atoms with Gasteiger partial charge in [-0.25, -0.2) is 9.52 Å². The molecule has 0 saturated heterocycles. The number of aliphatic carboxylic acids is 1. The molecule has 0 radical (unpaired) electrons. The van der Waals surface area contributed by atoms with Crippen molar-refractivity contribution in [2.24, 2.45) is 0 Å². The summed E-state index contributed by atoms with van der Waals surface area (Å²) in [6.45, 7) is 4.43. The topological polar surface area (TPSA) is 122 Å². The van der Waals surface area contributed by atoms with E-state index in [0.717, 1.165) is 0 Å². The molecule has 0 fully saturated rings. The molecule has 0 unspecified atom stereocenters. The number of ether oxygens (including phenoxy) is 1. The number of hydrogen-bond donors (Lipinski definition) is 3. The maximum absolute atomic E-state index is 11.2. The third kappa shape index (κ3) is 9.57. The molecule has 17 heavy (non-hydrogen) atoms. The van der Waals surface area contributed by atoms with Gasteiger partial charge in [0.1, 0.15) is 5.60 Å². The molecule has 9 heteroatoms. The Bertz CT molecular complexity index is 383. The Labute approximate surface area is 99.5 Å². The highest BCUT2D eigenvalue weighted by molar-refractivity contribution is 7.88. The number of carbonyl (C=O) groups excluding carboxylic acids is 1. The number of carboxylic acids is 1. The van der Waals surface area contributed by atoms with Gasteiger partial charge in [0.15, 0.2) is 0 Å². The van der Waals surface area contributed by atoms with Crippen molar-refractivity contribution in [2.75, 3.05) is 6.54 Å². The minimum atomic E-state index is -4.09.